The van der Waals surface area contributed by atoms with Crippen LogP contribution in [0.2, 0.25) is 0 Å². The number of alkyl halides is 2. The topological polar surface area (TPSA) is 49.7 Å². The van der Waals surface area contributed by atoms with Gasteiger partial charge in [-0.05, 0) is 30.7 Å². The number of rotatable bonds is 6. The second-order valence-electron chi connectivity index (χ2n) is 3.78. The van der Waals surface area contributed by atoms with Crippen molar-refractivity contribution in [2.45, 2.75) is 32.1 Å². The number of unbranched alkanes of at least 4 members (excludes halogenated alkanes) is 1. The molecular weight excluding hydrogens is 229 g/mol. The van der Waals surface area contributed by atoms with Gasteiger partial charge in [-0.3, -0.25) is 0 Å². The predicted molar refractivity (Wildman–Crippen MR) is 60.7 cm³/mol. The molecule has 6 heteroatoms. The van der Waals surface area contributed by atoms with Gasteiger partial charge in [-0.15, -0.1) is 0 Å². The Bertz CT molecular complexity index is 341. The zero-order valence-corrected chi connectivity index (χ0v) is 9.57. The molecule has 1 aromatic rings. The van der Waals surface area contributed by atoms with Crippen molar-refractivity contribution in [1.82, 2.24) is 0 Å². The van der Waals surface area contributed by atoms with Crippen molar-refractivity contribution in [3.8, 4) is 5.75 Å². The van der Waals surface area contributed by atoms with E-state index < -0.39 is 13.2 Å². The van der Waals surface area contributed by atoms with Crippen LogP contribution in [-0.4, -0.2) is 17.4 Å². The minimum absolute atomic E-state index is 0.0919. The first-order valence-corrected chi connectivity index (χ1v) is 5.47. The fourth-order valence-electron chi connectivity index (χ4n) is 1.44. The van der Waals surface area contributed by atoms with Crippen LogP contribution in [0.15, 0.2) is 24.3 Å². The lowest BCUT2D eigenvalue weighted by Crippen LogP contribution is -2.20. The molecule has 0 saturated carbocycles. The Hall–Kier alpha value is -1.14. The Morgan fingerprint density at radius 3 is 2.29 bits per heavy atom. The molecule has 0 aliphatic carbocycles. The molecule has 0 aromatic heterocycles. The van der Waals surface area contributed by atoms with Crippen LogP contribution in [0.25, 0.3) is 0 Å². The van der Waals surface area contributed by atoms with Crippen LogP contribution >= 0.6 is 0 Å². The molecule has 0 aliphatic heterocycles. The summed E-state index contributed by atoms with van der Waals surface area (Å²) in [6.07, 6.45) is 0.987. The Kier molecular flexibility index (Phi) is 4.90. The normalized spacial score (nSPS) is 11.4. The molecule has 0 heterocycles. The van der Waals surface area contributed by atoms with Gasteiger partial charge in [0.25, 0.3) is 5.92 Å². The largest absolute Gasteiger partial charge is 0.707 e. The molecule has 0 aliphatic rings. The van der Waals surface area contributed by atoms with Crippen LogP contribution in [0.4, 0.5) is 8.78 Å². The average molecular weight is 244 g/mol. The molecule has 17 heavy (non-hydrogen) atoms. The van der Waals surface area contributed by atoms with E-state index in [0.717, 1.165) is 0 Å². The molecule has 2 N–H and O–H groups in total. The fourth-order valence-corrected chi connectivity index (χ4v) is 1.44. The highest BCUT2D eigenvalue weighted by Crippen LogP contribution is 2.34. The van der Waals surface area contributed by atoms with E-state index >= 15 is 0 Å². The van der Waals surface area contributed by atoms with Crippen LogP contribution in [0.3, 0.4) is 0 Å². The number of hydrogen-bond donors (Lipinski definition) is 2. The molecule has 1 aromatic carbocycles. The van der Waals surface area contributed by atoms with Crippen molar-refractivity contribution < 1.29 is 23.5 Å². The van der Waals surface area contributed by atoms with Crippen molar-refractivity contribution >= 4 is 7.32 Å². The fraction of sp³-hybridized carbons (Fsp3) is 0.455. The van der Waals surface area contributed by atoms with Crippen molar-refractivity contribution in [1.29, 1.82) is 0 Å². The smallest absolute Gasteiger partial charge is 0.512 e. The lowest BCUT2D eigenvalue weighted by molar-refractivity contribution is -0.0154. The first-order chi connectivity index (χ1) is 7.95. The van der Waals surface area contributed by atoms with Gasteiger partial charge < -0.3 is 14.7 Å². The molecule has 3 nitrogen and oxygen atoms in total. The quantitative estimate of drug-likeness (QED) is 0.755. The summed E-state index contributed by atoms with van der Waals surface area (Å²) in [5.41, 5.74) is -0.0919. The highest BCUT2D eigenvalue weighted by atomic mass is 19.3. The molecule has 0 saturated heterocycles. The summed E-state index contributed by atoms with van der Waals surface area (Å²) < 4.78 is 31.7. The summed E-state index contributed by atoms with van der Waals surface area (Å²) in [7, 11) is -1.94. The van der Waals surface area contributed by atoms with E-state index in [9.17, 15) is 8.78 Å². The molecule has 0 atom stereocenters. The first kappa shape index (κ1) is 13.9. The second-order valence-corrected chi connectivity index (χ2v) is 3.78. The van der Waals surface area contributed by atoms with Crippen LogP contribution in [0.1, 0.15) is 31.7 Å². The minimum Gasteiger partial charge on any atom is -0.512 e. The molecular formula is C11H15BF2O3. The third kappa shape index (κ3) is 4.32. The summed E-state index contributed by atoms with van der Waals surface area (Å²) >= 11 is 0. The Morgan fingerprint density at radius 1 is 1.24 bits per heavy atom. The van der Waals surface area contributed by atoms with Crippen molar-refractivity contribution in [2.75, 3.05) is 0 Å². The van der Waals surface area contributed by atoms with Gasteiger partial charge in [0.1, 0.15) is 5.75 Å². The van der Waals surface area contributed by atoms with Gasteiger partial charge in [0.2, 0.25) is 0 Å². The molecule has 0 unspecified atom stereocenters. The number of benzene rings is 1. The van der Waals surface area contributed by atoms with Gasteiger partial charge in [0.05, 0.1) is 0 Å². The van der Waals surface area contributed by atoms with E-state index in [-0.39, 0.29) is 17.7 Å². The van der Waals surface area contributed by atoms with E-state index in [1.165, 1.54) is 24.3 Å². The van der Waals surface area contributed by atoms with Gasteiger partial charge in [-0.25, -0.2) is 8.78 Å². The van der Waals surface area contributed by atoms with E-state index in [4.69, 9.17) is 10.0 Å². The SMILES string of the molecule is CCCCC(F)(F)c1ccc(OB(O)O)cc1. The Balaban J connectivity index is 2.72. The second kappa shape index (κ2) is 5.98. The lowest BCUT2D eigenvalue weighted by atomic mass is 10.0. The van der Waals surface area contributed by atoms with Gasteiger partial charge in [0.15, 0.2) is 0 Å². The van der Waals surface area contributed by atoms with Gasteiger partial charge in [0, 0.05) is 12.0 Å². The molecule has 0 amide bonds. The maximum Gasteiger partial charge on any atom is 0.707 e. The van der Waals surface area contributed by atoms with Crippen LogP contribution in [0.5, 0.6) is 5.75 Å². The van der Waals surface area contributed by atoms with Gasteiger partial charge in [-0.1, -0.05) is 13.3 Å². The summed E-state index contributed by atoms with van der Waals surface area (Å²) in [5, 5.41) is 17.1. The molecule has 1 rings (SSSR count). The maximum absolute atomic E-state index is 13.6. The predicted octanol–water partition coefficient (Wildman–Crippen LogP) is 2.32. The van der Waals surface area contributed by atoms with E-state index in [1.54, 1.807) is 0 Å². The van der Waals surface area contributed by atoms with Crippen LogP contribution in [-0.2, 0) is 5.92 Å². The summed E-state index contributed by atoms with van der Waals surface area (Å²) in [6, 6.07) is 5.03. The van der Waals surface area contributed by atoms with Gasteiger partial charge >= 0.3 is 7.32 Å². The molecule has 94 valence electrons. The maximum atomic E-state index is 13.6. The van der Waals surface area contributed by atoms with E-state index in [1.807, 2.05) is 6.92 Å². The standard InChI is InChI=1S/C11H15BF2O3/c1-2-3-8-11(13,14)9-4-6-10(7-5-9)17-12(15)16/h4-7,15-16H,2-3,8H2,1H3. The minimum atomic E-state index is -2.85. The third-order valence-corrected chi connectivity index (χ3v) is 2.36. The van der Waals surface area contributed by atoms with Crippen LogP contribution in [0, 0.1) is 0 Å². The molecule has 0 fully saturated rings. The summed E-state index contributed by atoms with van der Waals surface area (Å²) in [5.74, 6) is -2.72. The summed E-state index contributed by atoms with van der Waals surface area (Å²) in [4.78, 5) is 0. The highest BCUT2D eigenvalue weighted by molar-refractivity contribution is 6.33. The zero-order valence-electron chi connectivity index (χ0n) is 9.57. The molecule has 0 bridgehead atoms. The first-order valence-electron chi connectivity index (χ1n) is 5.47. The molecule has 0 spiro atoms. The molecule has 0 radical (unpaired) electrons. The third-order valence-electron chi connectivity index (χ3n) is 2.36. The Labute approximate surface area is 99.2 Å². The highest BCUT2D eigenvalue weighted by Gasteiger charge is 2.30. The van der Waals surface area contributed by atoms with Gasteiger partial charge in [-0.2, -0.15) is 0 Å². The van der Waals surface area contributed by atoms with Crippen molar-refractivity contribution in [2.24, 2.45) is 0 Å². The average Bonchev–Trinajstić information content (AvgIpc) is 2.26. The summed E-state index contributed by atoms with van der Waals surface area (Å²) in [6.45, 7) is 1.86. The number of hydrogen-bond acceptors (Lipinski definition) is 3. The zero-order chi connectivity index (χ0) is 12.9. The Morgan fingerprint density at radius 2 is 1.82 bits per heavy atom. The lowest BCUT2D eigenvalue weighted by Gasteiger charge is -2.16. The van der Waals surface area contributed by atoms with E-state index in [2.05, 4.69) is 4.65 Å². The van der Waals surface area contributed by atoms with Crippen molar-refractivity contribution in [3.05, 3.63) is 29.8 Å². The van der Waals surface area contributed by atoms with Crippen molar-refractivity contribution in [3.63, 3.8) is 0 Å². The monoisotopic (exact) mass is 244 g/mol. The number of halogens is 2. The van der Waals surface area contributed by atoms with Crippen LogP contribution < -0.4 is 4.65 Å². The van der Waals surface area contributed by atoms with E-state index in [0.29, 0.717) is 12.8 Å².